The van der Waals surface area contributed by atoms with Crippen LogP contribution in [0.2, 0.25) is 0 Å². The van der Waals surface area contributed by atoms with Gasteiger partial charge >= 0.3 is 5.97 Å². The zero-order valence-electron chi connectivity index (χ0n) is 33.2. The lowest BCUT2D eigenvalue weighted by Crippen LogP contribution is -2.66. The quantitative estimate of drug-likeness (QED) is 0.0453. The molecule has 2 bridgehead atoms. The normalized spacial score (nSPS) is 21.7. The minimum atomic E-state index is -1.22. The van der Waals surface area contributed by atoms with Crippen LogP contribution >= 0.6 is 0 Å². The number of hydrogen-bond donors (Lipinski definition) is 6. The van der Waals surface area contributed by atoms with Crippen molar-refractivity contribution in [3.63, 3.8) is 0 Å². The second kappa shape index (κ2) is 28.7. The number of ether oxygens (including phenoxy) is 5. The van der Waals surface area contributed by atoms with Crippen molar-refractivity contribution < 1.29 is 48.3 Å². The van der Waals surface area contributed by atoms with E-state index in [0.717, 1.165) is 102 Å². The van der Waals surface area contributed by atoms with Crippen LogP contribution in [-0.4, -0.2) is 124 Å². The maximum atomic E-state index is 12.1. The molecule has 0 saturated carbocycles. The molecular formula is C41H70N4O10. The molecule has 2 heterocycles. The molecule has 5 atom stereocenters. The van der Waals surface area contributed by atoms with E-state index in [1.165, 1.54) is 19.8 Å². The summed E-state index contributed by atoms with van der Waals surface area (Å²) in [5.74, 6) is -0.354. The Hall–Kier alpha value is -2.69. The second-order valence-corrected chi connectivity index (χ2v) is 14.8. The molecule has 2 aliphatic heterocycles. The summed E-state index contributed by atoms with van der Waals surface area (Å²) in [5, 5.41) is 33.5. The molecule has 0 radical (unpaired) electrons. The van der Waals surface area contributed by atoms with E-state index in [1.54, 1.807) is 0 Å². The number of fused-ring (bicyclic) bond motifs is 2. The van der Waals surface area contributed by atoms with Gasteiger partial charge in [0.05, 0.1) is 19.8 Å². The van der Waals surface area contributed by atoms with Crippen LogP contribution in [0.15, 0.2) is 30.3 Å². The van der Waals surface area contributed by atoms with Gasteiger partial charge in [0.25, 0.3) is 0 Å². The van der Waals surface area contributed by atoms with E-state index in [4.69, 9.17) is 23.7 Å². The van der Waals surface area contributed by atoms with Crippen LogP contribution in [0.4, 0.5) is 0 Å². The summed E-state index contributed by atoms with van der Waals surface area (Å²) in [6.45, 7) is 7.95. The molecule has 1 aromatic carbocycles. The Labute approximate surface area is 328 Å². The van der Waals surface area contributed by atoms with Crippen LogP contribution in [-0.2, 0) is 44.7 Å². The predicted molar refractivity (Wildman–Crippen MR) is 209 cm³/mol. The van der Waals surface area contributed by atoms with Crippen LogP contribution in [0.3, 0.4) is 0 Å². The number of nitrogens with one attached hydrogen (secondary N) is 4. The molecule has 0 aliphatic carbocycles. The minimum absolute atomic E-state index is 0.0961. The highest BCUT2D eigenvalue weighted by atomic mass is 16.7. The van der Waals surface area contributed by atoms with Crippen molar-refractivity contribution in [1.82, 2.24) is 21.3 Å². The highest BCUT2D eigenvalue weighted by Crippen LogP contribution is 2.37. The van der Waals surface area contributed by atoms with Crippen LogP contribution in [0.1, 0.15) is 109 Å². The highest BCUT2D eigenvalue weighted by molar-refractivity contribution is 5.75. The summed E-state index contributed by atoms with van der Waals surface area (Å²) in [6.07, 6.45) is 11.3. The molecule has 14 nitrogen and oxygen atoms in total. The third kappa shape index (κ3) is 19.8. The smallest absolute Gasteiger partial charge is 0.306 e. The van der Waals surface area contributed by atoms with E-state index < -0.39 is 30.1 Å². The fourth-order valence-corrected chi connectivity index (χ4v) is 6.71. The number of carbonyl (C=O) groups excluding carboxylic acids is 3. The molecule has 3 rings (SSSR count). The number of aliphatic hydroxyl groups excluding tert-OH is 2. The first-order valence-corrected chi connectivity index (χ1v) is 20.8. The first-order valence-electron chi connectivity index (χ1n) is 20.8. The summed E-state index contributed by atoms with van der Waals surface area (Å²) in [5.41, 5.74) is -0.101. The average molecular weight is 779 g/mol. The molecule has 0 aromatic heterocycles. The zero-order chi connectivity index (χ0) is 39.4. The van der Waals surface area contributed by atoms with Crippen LogP contribution in [0, 0.1) is 0 Å². The SMILES string of the molecule is CC(=O)N[C@H]1[C@H]2OC[C@](COCCCCCNCCCNCCCOCCNC(=O)CCCCCCCCCCC(=O)OCc3ccccc3)(O2)[C@H](O)[C@@H]1O. The molecule has 0 unspecified atom stereocenters. The number of carbonyl (C=O) groups is 3. The van der Waals surface area contributed by atoms with E-state index in [-0.39, 0.29) is 31.0 Å². The molecule has 2 fully saturated rings. The van der Waals surface area contributed by atoms with Crippen molar-refractivity contribution in [2.24, 2.45) is 0 Å². The standard InChI is InChI=1S/C41H70N4O10/c1-33(46)45-37-38(49)39(50)41(32-54-40(37)55-41)31-52-27-15-9-14-22-42-23-16-24-43-25-17-28-51-29-26-44-35(47)20-12-6-4-2-3-5-7-13-21-36(48)53-30-34-18-10-8-11-19-34/h8,10-11,18-19,37-40,42-43,49-50H,2-7,9,12-17,20-32H2,1H3,(H,44,47)(H,45,46)/t37-,38-,39-,40+,41+/m1/s1. The van der Waals surface area contributed by atoms with E-state index in [1.807, 2.05) is 30.3 Å². The Morgan fingerprint density at radius 1 is 0.745 bits per heavy atom. The number of benzene rings is 1. The summed E-state index contributed by atoms with van der Waals surface area (Å²) < 4.78 is 28.2. The number of aliphatic hydroxyl groups is 2. The first-order chi connectivity index (χ1) is 26.8. The number of rotatable bonds is 33. The number of esters is 1. The second-order valence-electron chi connectivity index (χ2n) is 14.8. The molecular weight excluding hydrogens is 708 g/mol. The molecule has 14 heteroatoms. The molecule has 2 amide bonds. The van der Waals surface area contributed by atoms with Gasteiger partial charge in [0.1, 0.15) is 30.5 Å². The molecule has 314 valence electrons. The predicted octanol–water partition coefficient (Wildman–Crippen LogP) is 3.26. The molecule has 6 N–H and O–H groups in total. The highest BCUT2D eigenvalue weighted by Gasteiger charge is 2.59. The van der Waals surface area contributed by atoms with Crippen molar-refractivity contribution >= 4 is 17.8 Å². The van der Waals surface area contributed by atoms with Gasteiger partial charge in [0.2, 0.25) is 11.8 Å². The van der Waals surface area contributed by atoms with Gasteiger partial charge < -0.3 is 55.2 Å². The average Bonchev–Trinajstić information content (AvgIpc) is 3.59. The van der Waals surface area contributed by atoms with Gasteiger partial charge in [0.15, 0.2) is 6.29 Å². The van der Waals surface area contributed by atoms with Gasteiger partial charge in [0, 0.05) is 39.5 Å². The monoisotopic (exact) mass is 779 g/mol. The summed E-state index contributed by atoms with van der Waals surface area (Å²) in [7, 11) is 0. The fraction of sp³-hybridized carbons (Fsp3) is 0.780. The van der Waals surface area contributed by atoms with Crippen LogP contribution in [0.25, 0.3) is 0 Å². The number of hydrogen-bond acceptors (Lipinski definition) is 12. The van der Waals surface area contributed by atoms with Crippen LogP contribution < -0.4 is 21.3 Å². The van der Waals surface area contributed by atoms with Gasteiger partial charge in [-0.15, -0.1) is 0 Å². The molecule has 55 heavy (non-hydrogen) atoms. The number of amides is 2. The summed E-state index contributed by atoms with van der Waals surface area (Å²) >= 11 is 0. The van der Waals surface area contributed by atoms with Crippen molar-refractivity contribution in [2.45, 2.75) is 140 Å². The van der Waals surface area contributed by atoms with Gasteiger partial charge in [-0.25, -0.2) is 0 Å². The lowest BCUT2D eigenvalue weighted by atomic mass is 9.88. The van der Waals surface area contributed by atoms with Crippen molar-refractivity contribution in [2.75, 3.05) is 65.8 Å². The van der Waals surface area contributed by atoms with Crippen molar-refractivity contribution in [3.8, 4) is 0 Å². The number of unbranched alkanes of at least 4 members (excludes halogenated alkanes) is 9. The summed E-state index contributed by atoms with van der Waals surface area (Å²) in [6, 6.07) is 8.94. The van der Waals surface area contributed by atoms with E-state index in [0.29, 0.717) is 45.8 Å². The third-order valence-corrected chi connectivity index (χ3v) is 9.92. The van der Waals surface area contributed by atoms with Crippen molar-refractivity contribution in [3.05, 3.63) is 35.9 Å². The Morgan fingerprint density at radius 3 is 2.11 bits per heavy atom. The fourth-order valence-electron chi connectivity index (χ4n) is 6.71. The molecule has 2 saturated heterocycles. The Morgan fingerprint density at radius 2 is 1.38 bits per heavy atom. The maximum absolute atomic E-state index is 12.1. The van der Waals surface area contributed by atoms with Gasteiger partial charge in [-0.3, -0.25) is 14.4 Å². The van der Waals surface area contributed by atoms with Gasteiger partial charge in [-0.2, -0.15) is 0 Å². The van der Waals surface area contributed by atoms with Crippen molar-refractivity contribution in [1.29, 1.82) is 0 Å². The van der Waals surface area contributed by atoms with E-state index in [9.17, 15) is 24.6 Å². The topological polar surface area (TPSA) is 186 Å². The zero-order valence-corrected chi connectivity index (χ0v) is 33.2. The molecule has 0 spiro atoms. The first kappa shape index (κ1) is 46.7. The minimum Gasteiger partial charge on any atom is -0.461 e. The maximum Gasteiger partial charge on any atom is 0.306 e. The lowest BCUT2D eigenvalue weighted by Gasteiger charge is -2.42. The Kier molecular flexibility index (Phi) is 24.3. The Balaban J connectivity index is 0.969. The lowest BCUT2D eigenvalue weighted by molar-refractivity contribution is -0.237. The van der Waals surface area contributed by atoms with Crippen LogP contribution in [0.5, 0.6) is 0 Å². The third-order valence-electron chi connectivity index (χ3n) is 9.92. The Bertz CT molecular complexity index is 1180. The van der Waals surface area contributed by atoms with E-state index in [2.05, 4.69) is 21.3 Å². The van der Waals surface area contributed by atoms with E-state index >= 15 is 0 Å². The largest absolute Gasteiger partial charge is 0.461 e. The van der Waals surface area contributed by atoms with Gasteiger partial charge in [-0.05, 0) is 76.7 Å². The summed E-state index contributed by atoms with van der Waals surface area (Å²) in [4.78, 5) is 35.3. The van der Waals surface area contributed by atoms with Gasteiger partial charge in [-0.1, -0.05) is 68.9 Å². The molecule has 2 aliphatic rings. The molecule has 1 aromatic rings.